The zero-order chi connectivity index (χ0) is 15.8. The van der Waals surface area contributed by atoms with Crippen LogP contribution in [0.1, 0.15) is 30.9 Å². The van der Waals surface area contributed by atoms with Crippen molar-refractivity contribution < 1.29 is 19.4 Å². The molecule has 1 atom stereocenters. The Morgan fingerprint density at radius 2 is 2.14 bits per heavy atom. The molecule has 0 aliphatic carbocycles. The third-order valence-electron chi connectivity index (χ3n) is 3.95. The van der Waals surface area contributed by atoms with E-state index in [0.717, 1.165) is 10.9 Å². The van der Waals surface area contributed by atoms with E-state index in [1.807, 2.05) is 13.0 Å². The van der Waals surface area contributed by atoms with Crippen LogP contribution in [0.2, 0.25) is 19.6 Å². The Kier molecular flexibility index (Phi) is 4.12. The number of aliphatic hydroxyl groups is 1. The molecule has 21 heavy (non-hydrogen) atoms. The van der Waals surface area contributed by atoms with Crippen LogP contribution in [0.4, 0.5) is 0 Å². The third-order valence-corrected chi connectivity index (χ3v) is 5.74. The number of aromatic nitrogens is 1. The maximum atomic E-state index is 11.8. The van der Waals surface area contributed by atoms with E-state index in [9.17, 15) is 9.90 Å². The van der Waals surface area contributed by atoms with Gasteiger partial charge in [-0.1, -0.05) is 26.6 Å². The van der Waals surface area contributed by atoms with Gasteiger partial charge in [0.25, 0.3) is 0 Å². The van der Waals surface area contributed by atoms with Crippen LogP contribution in [0, 0.1) is 0 Å². The monoisotopic (exact) mass is 309 g/mol. The minimum absolute atomic E-state index is 0.0329. The van der Waals surface area contributed by atoms with Gasteiger partial charge in [-0.15, -0.1) is 0 Å². The lowest BCUT2D eigenvalue weighted by molar-refractivity contribution is -0.149. The molecule has 2 heterocycles. The van der Waals surface area contributed by atoms with Crippen molar-refractivity contribution in [2.75, 3.05) is 7.11 Å². The van der Waals surface area contributed by atoms with Gasteiger partial charge in [0.05, 0.1) is 19.1 Å². The number of pyridine rings is 1. The number of ether oxygens (including phenoxy) is 2. The van der Waals surface area contributed by atoms with Gasteiger partial charge in [0.1, 0.15) is 20.3 Å². The minimum atomic E-state index is -1.68. The summed E-state index contributed by atoms with van der Waals surface area (Å²) in [5.74, 6) is 0.0543. The number of cyclic esters (lactones) is 1. The van der Waals surface area contributed by atoms with E-state index < -0.39 is 19.6 Å². The summed E-state index contributed by atoms with van der Waals surface area (Å²) in [5, 5.41) is 11.9. The van der Waals surface area contributed by atoms with Crippen molar-refractivity contribution in [3.63, 3.8) is 0 Å². The summed E-state index contributed by atoms with van der Waals surface area (Å²) < 4.78 is 10.6. The molecule has 0 fully saturated rings. The number of hydrogen-bond donors (Lipinski definition) is 1. The van der Waals surface area contributed by atoms with Gasteiger partial charge in [0.15, 0.2) is 0 Å². The van der Waals surface area contributed by atoms with Gasteiger partial charge in [-0.05, 0) is 18.1 Å². The van der Waals surface area contributed by atoms with Crippen molar-refractivity contribution >= 4 is 19.4 Å². The first-order chi connectivity index (χ1) is 9.71. The first-order valence-electron chi connectivity index (χ1n) is 7.18. The fourth-order valence-electron chi connectivity index (χ4n) is 2.51. The van der Waals surface area contributed by atoms with Crippen LogP contribution >= 0.6 is 0 Å². The minimum Gasteiger partial charge on any atom is -0.481 e. The molecule has 6 heteroatoms. The van der Waals surface area contributed by atoms with Gasteiger partial charge in [-0.25, -0.2) is 4.98 Å². The molecule has 0 aromatic carbocycles. The summed E-state index contributed by atoms with van der Waals surface area (Å²) in [6, 6.07) is 1.94. The van der Waals surface area contributed by atoms with E-state index in [1.54, 1.807) is 7.11 Å². The third kappa shape index (κ3) is 2.96. The van der Waals surface area contributed by atoms with Crippen molar-refractivity contribution in [3.05, 3.63) is 17.2 Å². The second-order valence-corrected chi connectivity index (χ2v) is 11.5. The molecule has 2 rings (SSSR count). The molecule has 0 radical (unpaired) electrons. The highest BCUT2D eigenvalue weighted by molar-refractivity contribution is 6.88. The van der Waals surface area contributed by atoms with Crippen LogP contribution in [0.15, 0.2) is 6.07 Å². The molecule has 0 amide bonds. The number of hydrogen-bond acceptors (Lipinski definition) is 5. The average Bonchev–Trinajstić information content (AvgIpc) is 2.54. The zero-order valence-electron chi connectivity index (χ0n) is 13.3. The van der Waals surface area contributed by atoms with Crippen LogP contribution in [0.5, 0.6) is 5.88 Å². The first-order valence-corrected chi connectivity index (χ1v) is 10.7. The molecule has 0 bridgehead atoms. The summed E-state index contributed by atoms with van der Waals surface area (Å²) in [4.78, 5) is 16.4. The molecule has 116 valence electrons. The summed E-state index contributed by atoms with van der Waals surface area (Å²) in [7, 11) is -0.127. The Bertz CT molecular complexity index is 568. The summed E-state index contributed by atoms with van der Waals surface area (Å²) >= 11 is 0. The zero-order valence-corrected chi connectivity index (χ0v) is 14.3. The summed E-state index contributed by atoms with van der Waals surface area (Å²) in [5.41, 5.74) is 0.183. The molecule has 0 saturated carbocycles. The van der Waals surface area contributed by atoms with Crippen LogP contribution in [0.3, 0.4) is 0 Å². The Hall–Kier alpha value is -1.40. The topological polar surface area (TPSA) is 68.7 Å². The summed E-state index contributed by atoms with van der Waals surface area (Å²) in [6.07, 6.45) is 0.405. The number of esters is 1. The van der Waals surface area contributed by atoms with E-state index in [2.05, 4.69) is 24.6 Å². The Balaban J connectivity index is 2.71. The number of rotatable bonds is 3. The van der Waals surface area contributed by atoms with Gasteiger partial charge in [-0.3, -0.25) is 4.79 Å². The number of methoxy groups -OCH3 is 1. The molecule has 1 aliphatic rings. The Morgan fingerprint density at radius 3 is 2.67 bits per heavy atom. The van der Waals surface area contributed by atoms with E-state index >= 15 is 0 Å². The fraction of sp³-hybridized carbons (Fsp3) is 0.600. The van der Waals surface area contributed by atoms with E-state index in [-0.39, 0.29) is 13.0 Å². The van der Waals surface area contributed by atoms with E-state index in [4.69, 9.17) is 9.47 Å². The van der Waals surface area contributed by atoms with Gasteiger partial charge in [-0.2, -0.15) is 0 Å². The Morgan fingerprint density at radius 1 is 1.48 bits per heavy atom. The number of nitrogens with zero attached hydrogens (tertiary/aromatic N) is 1. The van der Waals surface area contributed by atoms with Gasteiger partial charge >= 0.3 is 5.97 Å². The number of carbonyl (C=O) groups is 1. The smallest absolute Gasteiger partial charge is 0.309 e. The molecule has 1 aromatic rings. The number of fused-ring (bicyclic) bond motifs is 1. The highest BCUT2D eigenvalue weighted by Gasteiger charge is 2.39. The van der Waals surface area contributed by atoms with Crippen LogP contribution in [-0.4, -0.2) is 31.2 Å². The lowest BCUT2D eigenvalue weighted by atomic mass is 9.86. The predicted octanol–water partition coefficient (Wildman–Crippen LogP) is 1.68. The lowest BCUT2D eigenvalue weighted by Crippen LogP contribution is -2.42. The maximum absolute atomic E-state index is 11.8. The standard InChI is InChI=1S/C15H23NO4Si/c1-6-15(18)8-13(17)20-9-10-11(15)7-12(21(3,4)5)16-14(10)19-2/h7,18H,6,8-9H2,1-5H3. The Labute approximate surface area is 126 Å². The molecule has 0 spiro atoms. The molecule has 1 unspecified atom stereocenters. The SMILES string of the molecule is CCC1(O)CC(=O)OCc2c1cc([Si](C)(C)C)nc2OC. The average molecular weight is 309 g/mol. The molecular formula is C15H23NO4Si. The maximum Gasteiger partial charge on any atom is 0.309 e. The van der Waals surface area contributed by atoms with Gasteiger partial charge in [0.2, 0.25) is 5.88 Å². The normalized spacial score (nSPS) is 22.3. The first kappa shape index (κ1) is 16.0. The van der Waals surface area contributed by atoms with Crippen molar-refractivity contribution in [1.82, 2.24) is 4.98 Å². The van der Waals surface area contributed by atoms with Crippen LogP contribution < -0.4 is 10.1 Å². The van der Waals surface area contributed by atoms with Crippen molar-refractivity contribution in [1.29, 1.82) is 0 Å². The highest BCUT2D eigenvalue weighted by Crippen LogP contribution is 2.37. The van der Waals surface area contributed by atoms with Crippen molar-refractivity contribution in [2.45, 2.75) is 51.6 Å². The van der Waals surface area contributed by atoms with Crippen molar-refractivity contribution in [2.24, 2.45) is 0 Å². The molecule has 0 saturated heterocycles. The number of carbonyl (C=O) groups excluding carboxylic acids is 1. The highest BCUT2D eigenvalue weighted by atomic mass is 28.3. The molecule has 1 aliphatic heterocycles. The van der Waals surface area contributed by atoms with E-state index in [0.29, 0.717) is 17.9 Å². The molecule has 1 N–H and O–H groups in total. The molecular weight excluding hydrogens is 286 g/mol. The molecule has 5 nitrogen and oxygen atoms in total. The van der Waals surface area contributed by atoms with E-state index in [1.165, 1.54) is 0 Å². The second kappa shape index (κ2) is 5.42. The lowest BCUT2D eigenvalue weighted by Gasteiger charge is -2.28. The van der Waals surface area contributed by atoms with Gasteiger partial charge in [0, 0.05) is 5.32 Å². The largest absolute Gasteiger partial charge is 0.481 e. The van der Waals surface area contributed by atoms with Gasteiger partial charge < -0.3 is 14.6 Å². The van der Waals surface area contributed by atoms with Crippen molar-refractivity contribution in [3.8, 4) is 5.88 Å². The van der Waals surface area contributed by atoms with Crippen LogP contribution in [-0.2, 0) is 21.7 Å². The second-order valence-electron chi connectivity index (χ2n) is 6.52. The molecule has 1 aromatic heterocycles. The quantitative estimate of drug-likeness (QED) is 0.679. The predicted molar refractivity (Wildman–Crippen MR) is 82.4 cm³/mol. The fourth-order valence-corrected chi connectivity index (χ4v) is 3.52. The summed E-state index contributed by atoms with van der Waals surface area (Å²) in [6.45, 7) is 8.52. The van der Waals surface area contributed by atoms with Crippen LogP contribution in [0.25, 0.3) is 0 Å².